The second kappa shape index (κ2) is 4.93. The molecule has 0 atom stereocenters. The van der Waals surface area contributed by atoms with E-state index in [9.17, 15) is 13.2 Å². The Bertz CT molecular complexity index is 379. The monoisotopic (exact) mass is 253 g/mol. The van der Waals surface area contributed by atoms with Gasteiger partial charge in [-0.3, -0.25) is 0 Å². The van der Waals surface area contributed by atoms with E-state index in [4.69, 9.17) is 17.3 Å². The van der Waals surface area contributed by atoms with Crippen LogP contribution >= 0.6 is 11.6 Å². The highest BCUT2D eigenvalue weighted by Crippen LogP contribution is 2.40. The number of benzene rings is 1. The van der Waals surface area contributed by atoms with Crippen LogP contribution in [0.25, 0.3) is 0 Å². The highest BCUT2D eigenvalue weighted by Gasteiger charge is 2.35. The highest BCUT2D eigenvalue weighted by molar-refractivity contribution is 6.32. The summed E-state index contributed by atoms with van der Waals surface area (Å²) in [6.45, 7) is 0.264. The average molecular weight is 254 g/mol. The maximum Gasteiger partial charge on any atom is 0.420 e. The van der Waals surface area contributed by atoms with Gasteiger partial charge in [0.15, 0.2) is 0 Å². The van der Waals surface area contributed by atoms with Crippen molar-refractivity contribution in [2.45, 2.75) is 12.6 Å². The van der Waals surface area contributed by atoms with Crippen molar-refractivity contribution in [3.8, 4) is 5.75 Å². The van der Waals surface area contributed by atoms with Gasteiger partial charge in [0, 0.05) is 0 Å². The Kier molecular flexibility index (Phi) is 4.04. The SMILES string of the molecule is COc1c(Cl)cc(CCN)cc1C(F)(F)F. The van der Waals surface area contributed by atoms with Crippen molar-refractivity contribution in [3.05, 3.63) is 28.3 Å². The van der Waals surface area contributed by atoms with Gasteiger partial charge in [-0.1, -0.05) is 11.6 Å². The Morgan fingerprint density at radius 2 is 2.00 bits per heavy atom. The Morgan fingerprint density at radius 3 is 2.44 bits per heavy atom. The van der Waals surface area contributed by atoms with Crippen LogP contribution in [-0.2, 0) is 12.6 Å². The van der Waals surface area contributed by atoms with E-state index in [-0.39, 0.29) is 17.3 Å². The number of hydrogen-bond donors (Lipinski definition) is 1. The van der Waals surface area contributed by atoms with Crippen molar-refractivity contribution in [1.82, 2.24) is 0 Å². The minimum atomic E-state index is -4.49. The summed E-state index contributed by atoms with van der Waals surface area (Å²) in [7, 11) is 1.15. The zero-order valence-electron chi connectivity index (χ0n) is 8.57. The number of hydrogen-bond acceptors (Lipinski definition) is 2. The van der Waals surface area contributed by atoms with Crippen LogP contribution in [0.3, 0.4) is 0 Å². The number of rotatable bonds is 3. The van der Waals surface area contributed by atoms with Crippen molar-refractivity contribution in [1.29, 1.82) is 0 Å². The first-order valence-corrected chi connectivity index (χ1v) is 4.91. The largest absolute Gasteiger partial charge is 0.495 e. The van der Waals surface area contributed by atoms with E-state index >= 15 is 0 Å². The zero-order chi connectivity index (χ0) is 12.3. The molecule has 16 heavy (non-hydrogen) atoms. The van der Waals surface area contributed by atoms with Crippen molar-refractivity contribution < 1.29 is 17.9 Å². The maximum atomic E-state index is 12.7. The van der Waals surface area contributed by atoms with E-state index in [0.717, 1.165) is 13.2 Å². The van der Waals surface area contributed by atoms with Crippen LogP contribution in [0.1, 0.15) is 11.1 Å². The Balaban J connectivity index is 3.31. The van der Waals surface area contributed by atoms with Gasteiger partial charge in [0.1, 0.15) is 5.75 Å². The van der Waals surface area contributed by atoms with E-state index in [2.05, 4.69) is 4.74 Å². The molecular weight excluding hydrogens is 243 g/mol. The molecule has 0 heterocycles. The average Bonchev–Trinajstić information content (AvgIpc) is 2.16. The smallest absolute Gasteiger partial charge is 0.420 e. The van der Waals surface area contributed by atoms with E-state index in [1.165, 1.54) is 6.07 Å². The molecule has 0 bridgehead atoms. The molecule has 0 aliphatic heterocycles. The molecule has 0 aliphatic rings. The minimum Gasteiger partial charge on any atom is -0.495 e. The minimum absolute atomic E-state index is 0.0548. The molecule has 1 rings (SSSR count). The topological polar surface area (TPSA) is 35.2 Å². The van der Waals surface area contributed by atoms with Gasteiger partial charge < -0.3 is 10.5 Å². The number of nitrogens with two attached hydrogens (primary N) is 1. The Morgan fingerprint density at radius 1 is 1.38 bits per heavy atom. The summed E-state index contributed by atoms with van der Waals surface area (Å²) in [4.78, 5) is 0. The molecule has 2 nitrogen and oxygen atoms in total. The molecule has 2 N–H and O–H groups in total. The summed E-state index contributed by atoms with van der Waals surface area (Å²) in [5.74, 6) is -0.352. The van der Waals surface area contributed by atoms with Gasteiger partial charge in [0.05, 0.1) is 17.7 Å². The van der Waals surface area contributed by atoms with Crippen molar-refractivity contribution >= 4 is 11.6 Å². The molecule has 0 spiro atoms. The predicted octanol–water partition coefficient (Wildman–Crippen LogP) is 2.87. The first kappa shape index (κ1) is 13.1. The second-order valence-corrected chi connectivity index (χ2v) is 3.60. The fourth-order valence-corrected chi connectivity index (χ4v) is 1.70. The van der Waals surface area contributed by atoms with Crippen LogP contribution in [0, 0.1) is 0 Å². The first-order valence-electron chi connectivity index (χ1n) is 4.53. The molecule has 0 unspecified atom stereocenters. The summed E-state index contributed by atoms with van der Waals surface area (Å²) in [6.07, 6.45) is -4.15. The Labute approximate surface area is 96.1 Å². The fraction of sp³-hybridized carbons (Fsp3) is 0.400. The van der Waals surface area contributed by atoms with Gasteiger partial charge in [-0.25, -0.2) is 0 Å². The van der Waals surface area contributed by atoms with E-state index in [1.54, 1.807) is 0 Å². The number of alkyl halides is 3. The van der Waals surface area contributed by atoms with Crippen LogP contribution in [0.2, 0.25) is 5.02 Å². The summed E-state index contributed by atoms with van der Waals surface area (Å²) >= 11 is 5.71. The lowest BCUT2D eigenvalue weighted by Gasteiger charge is -2.14. The van der Waals surface area contributed by atoms with E-state index in [0.29, 0.717) is 12.0 Å². The van der Waals surface area contributed by atoms with Crippen LogP contribution in [0.5, 0.6) is 5.75 Å². The molecule has 6 heteroatoms. The molecule has 1 aromatic carbocycles. The molecule has 1 aromatic rings. The second-order valence-electron chi connectivity index (χ2n) is 3.19. The predicted molar refractivity (Wildman–Crippen MR) is 55.8 cm³/mol. The van der Waals surface area contributed by atoms with Crippen LogP contribution < -0.4 is 10.5 Å². The lowest BCUT2D eigenvalue weighted by molar-refractivity contribution is -0.138. The highest BCUT2D eigenvalue weighted by atomic mass is 35.5. The number of ether oxygens (including phenoxy) is 1. The third-order valence-corrected chi connectivity index (χ3v) is 2.33. The van der Waals surface area contributed by atoms with E-state index < -0.39 is 11.7 Å². The first-order chi connectivity index (χ1) is 7.40. The quantitative estimate of drug-likeness (QED) is 0.899. The molecule has 0 aliphatic carbocycles. The van der Waals surface area contributed by atoms with Gasteiger partial charge in [0.25, 0.3) is 0 Å². The van der Waals surface area contributed by atoms with Crippen LogP contribution in [0.15, 0.2) is 12.1 Å². The summed E-state index contributed by atoms with van der Waals surface area (Å²) in [5.41, 5.74) is 4.86. The standard InChI is InChI=1S/C10H11ClF3NO/c1-16-9-7(10(12,13)14)4-6(2-3-15)5-8(9)11/h4-5H,2-3,15H2,1H3. The number of methoxy groups -OCH3 is 1. The molecule has 0 amide bonds. The maximum absolute atomic E-state index is 12.7. The van der Waals surface area contributed by atoms with E-state index in [1.807, 2.05) is 0 Å². The van der Waals surface area contributed by atoms with Crippen molar-refractivity contribution in [2.24, 2.45) is 5.73 Å². The summed E-state index contributed by atoms with van der Waals surface area (Å²) < 4.78 is 42.6. The third-order valence-electron chi connectivity index (χ3n) is 2.05. The normalized spacial score (nSPS) is 11.6. The van der Waals surface area contributed by atoms with Crippen LogP contribution in [0.4, 0.5) is 13.2 Å². The molecule has 90 valence electrons. The lowest BCUT2D eigenvalue weighted by Crippen LogP contribution is -2.10. The molecule has 0 fully saturated rings. The van der Waals surface area contributed by atoms with Gasteiger partial charge >= 0.3 is 6.18 Å². The lowest BCUT2D eigenvalue weighted by atomic mass is 10.1. The van der Waals surface area contributed by atoms with Gasteiger partial charge in [-0.05, 0) is 30.7 Å². The summed E-state index contributed by atoms with van der Waals surface area (Å²) in [6, 6.07) is 2.44. The molecule has 0 saturated carbocycles. The third kappa shape index (κ3) is 2.80. The summed E-state index contributed by atoms with van der Waals surface area (Å²) in [5, 5.41) is -0.0548. The van der Waals surface area contributed by atoms with Crippen LogP contribution in [-0.4, -0.2) is 13.7 Å². The molecule has 0 aromatic heterocycles. The van der Waals surface area contributed by atoms with Gasteiger partial charge in [0.2, 0.25) is 0 Å². The fourth-order valence-electron chi connectivity index (χ4n) is 1.38. The Hall–Kier alpha value is -0.940. The molecule has 0 radical (unpaired) electrons. The zero-order valence-corrected chi connectivity index (χ0v) is 9.32. The van der Waals surface area contributed by atoms with Gasteiger partial charge in [-0.2, -0.15) is 13.2 Å². The van der Waals surface area contributed by atoms with Gasteiger partial charge in [-0.15, -0.1) is 0 Å². The number of halogens is 4. The van der Waals surface area contributed by atoms with Crippen molar-refractivity contribution in [3.63, 3.8) is 0 Å². The molecular formula is C10H11ClF3NO. The molecule has 0 saturated heterocycles. The van der Waals surface area contributed by atoms with Crippen molar-refractivity contribution in [2.75, 3.05) is 13.7 Å².